The Morgan fingerprint density at radius 3 is 2.36 bits per heavy atom. The largest absolute Gasteiger partial charge is 0.375 e. The fraction of sp³-hybridized carbons (Fsp3) is 0.524. The average Bonchev–Trinajstić information content (AvgIpc) is 3.00. The van der Waals surface area contributed by atoms with Crippen LogP contribution in [0.15, 0.2) is 41.4 Å². The lowest BCUT2D eigenvalue weighted by atomic mass is 10.2. The first-order valence-electron chi connectivity index (χ1n) is 9.82. The second kappa shape index (κ2) is 13.4. The van der Waals surface area contributed by atoms with Gasteiger partial charge in [0.15, 0.2) is 5.96 Å². The highest BCUT2D eigenvalue weighted by atomic mass is 127. The maximum atomic E-state index is 4.49. The van der Waals surface area contributed by atoms with Gasteiger partial charge in [-0.25, -0.2) is 0 Å². The average molecular weight is 498 g/mol. The second-order valence-corrected chi connectivity index (χ2v) is 6.89. The van der Waals surface area contributed by atoms with Gasteiger partial charge in [0.25, 0.3) is 0 Å². The highest BCUT2D eigenvalue weighted by Crippen LogP contribution is 2.11. The zero-order chi connectivity index (χ0) is 19.5. The van der Waals surface area contributed by atoms with Crippen molar-refractivity contribution in [2.45, 2.75) is 39.7 Å². The third-order valence-electron chi connectivity index (χ3n) is 4.58. The molecule has 2 rings (SSSR count). The third-order valence-corrected chi connectivity index (χ3v) is 4.58. The first-order chi connectivity index (χ1) is 13.1. The molecule has 0 atom stereocenters. The van der Waals surface area contributed by atoms with Gasteiger partial charge in [0, 0.05) is 51.7 Å². The zero-order valence-electron chi connectivity index (χ0n) is 17.6. The molecule has 156 valence electrons. The predicted octanol–water partition coefficient (Wildman–Crippen LogP) is 3.59. The van der Waals surface area contributed by atoms with Crippen molar-refractivity contribution < 1.29 is 0 Å². The summed E-state index contributed by atoms with van der Waals surface area (Å²) in [7, 11) is 3.96. The number of halogens is 1. The summed E-state index contributed by atoms with van der Waals surface area (Å²) in [6.45, 7) is 7.93. The van der Waals surface area contributed by atoms with Crippen LogP contribution in [0.5, 0.6) is 0 Å². The van der Waals surface area contributed by atoms with E-state index < -0.39 is 0 Å². The Bertz CT molecular complexity index is 698. The molecule has 7 heteroatoms. The molecule has 0 fully saturated rings. The number of benzene rings is 1. The van der Waals surface area contributed by atoms with E-state index in [1.165, 1.54) is 11.4 Å². The van der Waals surface area contributed by atoms with E-state index in [2.05, 4.69) is 80.7 Å². The first-order valence-corrected chi connectivity index (χ1v) is 9.82. The van der Waals surface area contributed by atoms with Crippen LogP contribution in [0, 0.1) is 13.8 Å². The predicted molar refractivity (Wildman–Crippen MR) is 130 cm³/mol. The molecule has 0 bridgehead atoms. The van der Waals surface area contributed by atoms with E-state index in [-0.39, 0.29) is 24.0 Å². The van der Waals surface area contributed by atoms with Gasteiger partial charge in [-0.1, -0.05) is 18.2 Å². The number of rotatable bonds is 10. The summed E-state index contributed by atoms with van der Waals surface area (Å²) >= 11 is 0. The van der Waals surface area contributed by atoms with Crippen LogP contribution in [0.1, 0.15) is 30.7 Å². The molecule has 0 saturated heterocycles. The molecule has 0 saturated carbocycles. The number of nitrogens with one attached hydrogen (secondary N) is 2. The van der Waals surface area contributed by atoms with Crippen molar-refractivity contribution in [3.05, 3.63) is 47.8 Å². The number of aliphatic imine (C=N–C) groups is 1. The number of aromatic nitrogens is 2. The summed E-state index contributed by atoms with van der Waals surface area (Å²) in [6, 6.07) is 12.6. The molecular formula is C21H35IN6. The lowest BCUT2D eigenvalue weighted by Crippen LogP contribution is -2.38. The van der Waals surface area contributed by atoms with Crippen molar-refractivity contribution >= 4 is 35.6 Å². The second-order valence-electron chi connectivity index (χ2n) is 6.89. The maximum Gasteiger partial charge on any atom is 0.190 e. The number of para-hydroxylation sites is 1. The normalized spacial score (nSPS) is 11.1. The van der Waals surface area contributed by atoms with Gasteiger partial charge in [0.2, 0.25) is 0 Å². The molecule has 1 heterocycles. The maximum absolute atomic E-state index is 4.49. The summed E-state index contributed by atoms with van der Waals surface area (Å²) in [4.78, 5) is 6.59. The van der Waals surface area contributed by atoms with E-state index >= 15 is 0 Å². The van der Waals surface area contributed by atoms with E-state index in [0.29, 0.717) is 0 Å². The van der Waals surface area contributed by atoms with Crippen molar-refractivity contribution in [3.63, 3.8) is 0 Å². The molecule has 2 aromatic rings. The summed E-state index contributed by atoms with van der Waals surface area (Å²) in [6.07, 6.45) is 3.28. The monoisotopic (exact) mass is 498 g/mol. The molecule has 1 aromatic carbocycles. The number of aryl methyl sites for hydroxylation is 3. The van der Waals surface area contributed by atoms with E-state index in [0.717, 1.165) is 57.1 Å². The molecule has 28 heavy (non-hydrogen) atoms. The number of nitrogens with zero attached hydrogens (tertiary/aromatic N) is 4. The molecule has 0 aliphatic carbocycles. The Morgan fingerprint density at radius 1 is 1.07 bits per heavy atom. The van der Waals surface area contributed by atoms with Gasteiger partial charge in [0.05, 0.1) is 5.69 Å². The van der Waals surface area contributed by atoms with Crippen LogP contribution in [0.3, 0.4) is 0 Å². The van der Waals surface area contributed by atoms with Crippen LogP contribution in [-0.2, 0) is 6.54 Å². The number of guanidine groups is 1. The minimum absolute atomic E-state index is 0. The van der Waals surface area contributed by atoms with E-state index in [1.807, 2.05) is 14.0 Å². The van der Waals surface area contributed by atoms with Crippen molar-refractivity contribution in [2.24, 2.45) is 4.99 Å². The Labute approximate surface area is 186 Å². The van der Waals surface area contributed by atoms with E-state index in [1.54, 1.807) is 0 Å². The molecule has 0 aliphatic rings. The standard InChI is InChI=1S/C21H34N6.HI/c1-18-17-19(2)27(25-18)16-10-14-24-21(22-3)23-13-8-9-15-26(4)20-11-6-5-7-12-20;/h5-7,11-12,17H,8-10,13-16H2,1-4H3,(H2,22,23,24);1H. The van der Waals surface area contributed by atoms with Crippen LogP contribution in [-0.4, -0.2) is 49.5 Å². The molecule has 0 unspecified atom stereocenters. The molecule has 1 aromatic heterocycles. The Balaban J connectivity index is 0.00000392. The summed E-state index contributed by atoms with van der Waals surface area (Å²) in [5.74, 6) is 0.875. The number of anilines is 1. The van der Waals surface area contributed by atoms with Crippen LogP contribution in [0.4, 0.5) is 5.69 Å². The molecule has 0 amide bonds. The van der Waals surface area contributed by atoms with Crippen molar-refractivity contribution in [3.8, 4) is 0 Å². The Morgan fingerprint density at radius 2 is 1.75 bits per heavy atom. The van der Waals surface area contributed by atoms with Crippen molar-refractivity contribution in [2.75, 3.05) is 38.6 Å². The van der Waals surface area contributed by atoms with Gasteiger partial charge >= 0.3 is 0 Å². The van der Waals surface area contributed by atoms with Gasteiger partial charge in [0.1, 0.15) is 0 Å². The molecule has 0 aliphatic heterocycles. The summed E-state index contributed by atoms with van der Waals surface area (Å²) in [5, 5.41) is 11.3. The Kier molecular flexibility index (Phi) is 11.6. The minimum atomic E-state index is 0. The van der Waals surface area contributed by atoms with Crippen molar-refractivity contribution in [1.29, 1.82) is 0 Å². The zero-order valence-corrected chi connectivity index (χ0v) is 19.9. The van der Waals surface area contributed by atoms with Crippen LogP contribution in [0.2, 0.25) is 0 Å². The lowest BCUT2D eigenvalue weighted by Gasteiger charge is -2.19. The SMILES string of the molecule is CN=C(NCCCCN(C)c1ccccc1)NCCCn1nc(C)cc1C.I. The smallest absolute Gasteiger partial charge is 0.190 e. The molecule has 0 radical (unpaired) electrons. The lowest BCUT2D eigenvalue weighted by molar-refractivity contribution is 0.554. The molecule has 2 N–H and O–H groups in total. The van der Waals surface area contributed by atoms with Crippen LogP contribution >= 0.6 is 24.0 Å². The fourth-order valence-corrected chi connectivity index (χ4v) is 3.05. The van der Waals surface area contributed by atoms with Gasteiger partial charge in [-0.3, -0.25) is 9.67 Å². The quantitative estimate of drug-likeness (QED) is 0.228. The Hall–Kier alpha value is -1.77. The van der Waals surface area contributed by atoms with Crippen LogP contribution in [0.25, 0.3) is 0 Å². The summed E-state index contributed by atoms with van der Waals surface area (Å²) < 4.78 is 2.07. The van der Waals surface area contributed by atoms with Gasteiger partial charge in [-0.15, -0.1) is 24.0 Å². The number of unbranched alkanes of at least 4 members (excludes halogenated alkanes) is 1. The van der Waals surface area contributed by atoms with Crippen LogP contribution < -0.4 is 15.5 Å². The van der Waals surface area contributed by atoms with Gasteiger partial charge in [-0.05, 0) is 51.3 Å². The molecular weight excluding hydrogens is 463 g/mol. The topological polar surface area (TPSA) is 57.5 Å². The minimum Gasteiger partial charge on any atom is -0.375 e. The third kappa shape index (κ3) is 8.50. The number of hydrogen-bond donors (Lipinski definition) is 2. The number of hydrogen-bond acceptors (Lipinski definition) is 3. The first kappa shape index (κ1) is 24.3. The van der Waals surface area contributed by atoms with Crippen molar-refractivity contribution in [1.82, 2.24) is 20.4 Å². The highest BCUT2D eigenvalue weighted by molar-refractivity contribution is 14.0. The molecule has 6 nitrogen and oxygen atoms in total. The fourth-order valence-electron chi connectivity index (χ4n) is 3.05. The van der Waals surface area contributed by atoms with Gasteiger partial charge < -0.3 is 15.5 Å². The van der Waals surface area contributed by atoms with E-state index in [4.69, 9.17) is 0 Å². The van der Waals surface area contributed by atoms with Gasteiger partial charge in [-0.2, -0.15) is 5.10 Å². The van der Waals surface area contributed by atoms with E-state index in [9.17, 15) is 0 Å². The summed E-state index contributed by atoms with van der Waals surface area (Å²) in [5.41, 5.74) is 3.57. The highest BCUT2D eigenvalue weighted by Gasteiger charge is 2.02. The molecule has 0 spiro atoms.